The Morgan fingerprint density at radius 2 is 1.24 bits per heavy atom. The van der Waals surface area contributed by atoms with E-state index in [4.69, 9.17) is 0 Å². The second-order valence-electron chi connectivity index (χ2n) is 7.50. The van der Waals surface area contributed by atoms with Crippen LogP contribution in [0, 0.1) is 13.8 Å². The highest BCUT2D eigenvalue weighted by atomic mass is 32.2. The van der Waals surface area contributed by atoms with E-state index < -0.39 is 27.3 Å². The van der Waals surface area contributed by atoms with Gasteiger partial charge in [-0.05, 0) is 57.5 Å². The predicted molar refractivity (Wildman–Crippen MR) is 122 cm³/mol. The van der Waals surface area contributed by atoms with Crippen LogP contribution in [0.3, 0.4) is 0 Å². The van der Waals surface area contributed by atoms with Crippen molar-refractivity contribution >= 4 is 21.8 Å². The molecule has 3 aromatic rings. The Kier molecular flexibility index (Phi) is 6.83. The molecule has 29 heavy (non-hydrogen) atoms. The molecule has 0 aliphatic carbocycles. The van der Waals surface area contributed by atoms with E-state index in [0.29, 0.717) is 4.90 Å². The molecule has 0 spiro atoms. The van der Waals surface area contributed by atoms with Crippen molar-refractivity contribution in [3.63, 3.8) is 0 Å². The molecule has 3 aromatic carbocycles. The third-order valence-electron chi connectivity index (χ3n) is 5.30. The molecule has 0 amide bonds. The first kappa shape index (κ1) is 21.6. The average molecular weight is 426 g/mol. The molecule has 0 heterocycles. The Labute approximate surface area is 178 Å². The van der Waals surface area contributed by atoms with E-state index >= 15 is 0 Å². The van der Waals surface area contributed by atoms with Gasteiger partial charge in [0.05, 0.1) is 26.5 Å². The molecule has 0 fully saturated rings. The summed E-state index contributed by atoms with van der Waals surface area (Å²) in [4.78, 5) is 1.47. The molecular formula is C24H27NO2S2. The quantitative estimate of drug-likeness (QED) is 0.577. The maximum Gasteiger partial charge on any atom is 0.125 e. The van der Waals surface area contributed by atoms with Crippen molar-refractivity contribution < 1.29 is 8.42 Å². The topological polar surface area (TPSA) is 46.2 Å². The van der Waals surface area contributed by atoms with Gasteiger partial charge in [0, 0.05) is 4.90 Å². The average Bonchev–Trinajstić information content (AvgIpc) is 2.74. The number of benzene rings is 3. The van der Waals surface area contributed by atoms with Gasteiger partial charge in [-0.2, -0.15) is 0 Å². The molecule has 0 radical (unpaired) electrons. The van der Waals surface area contributed by atoms with E-state index in [1.54, 1.807) is 0 Å². The molecule has 3 rings (SSSR count). The van der Waals surface area contributed by atoms with Gasteiger partial charge in [-0.25, -0.2) is 8.93 Å². The Bertz CT molecular complexity index is 1000. The Hall–Kier alpha value is -2.08. The van der Waals surface area contributed by atoms with Crippen LogP contribution < -0.4 is 4.72 Å². The van der Waals surface area contributed by atoms with Crippen molar-refractivity contribution in [3.8, 4) is 0 Å². The number of hydrogen-bond donors (Lipinski definition) is 1. The molecule has 0 bridgehead atoms. The lowest BCUT2D eigenvalue weighted by atomic mass is 9.90. The minimum Gasteiger partial charge on any atom is -0.254 e. The molecule has 0 saturated carbocycles. The summed E-state index contributed by atoms with van der Waals surface area (Å²) in [5, 5.41) is -0.318. The summed E-state index contributed by atoms with van der Waals surface area (Å²) in [5.41, 5.74) is 2.44. The number of nitrogens with one attached hydrogen (secondary N) is 1. The fraction of sp³-hybridized carbons (Fsp3) is 0.250. The van der Waals surface area contributed by atoms with E-state index in [1.807, 2.05) is 107 Å². The van der Waals surface area contributed by atoms with Crippen LogP contribution in [0.1, 0.15) is 30.5 Å². The maximum atomic E-state index is 13.4. The van der Waals surface area contributed by atoms with Crippen molar-refractivity contribution in [2.24, 2.45) is 0 Å². The van der Waals surface area contributed by atoms with Gasteiger partial charge in [0.15, 0.2) is 0 Å². The first-order chi connectivity index (χ1) is 13.8. The highest BCUT2D eigenvalue weighted by Gasteiger charge is 2.38. The fourth-order valence-electron chi connectivity index (χ4n) is 3.16. The van der Waals surface area contributed by atoms with Gasteiger partial charge in [0.1, 0.15) is 11.0 Å². The third kappa shape index (κ3) is 4.92. The van der Waals surface area contributed by atoms with Crippen LogP contribution in [-0.2, 0) is 27.3 Å². The summed E-state index contributed by atoms with van der Waals surface area (Å²) >= 11 is 0. The molecule has 0 aliphatic rings. The molecule has 152 valence electrons. The van der Waals surface area contributed by atoms with E-state index in [2.05, 4.69) is 4.72 Å². The Morgan fingerprint density at radius 1 is 0.759 bits per heavy atom. The van der Waals surface area contributed by atoms with Crippen LogP contribution in [-0.4, -0.2) is 13.7 Å². The lowest BCUT2D eigenvalue weighted by molar-refractivity contribution is 0.434. The van der Waals surface area contributed by atoms with Crippen LogP contribution in [0.4, 0.5) is 0 Å². The minimum atomic E-state index is -1.44. The molecule has 2 unspecified atom stereocenters. The summed E-state index contributed by atoms with van der Waals surface area (Å²) < 4.78 is 29.9. The normalized spacial score (nSPS) is 16.6. The zero-order valence-electron chi connectivity index (χ0n) is 17.2. The highest BCUT2D eigenvalue weighted by Crippen LogP contribution is 2.31. The number of rotatable bonds is 7. The van der Waals surface area contributed by atoms with Crippen LogP contribution in [0.25, 0.3) is 0 Å². The molecule has 1 N–H and O–H groups in total. The van der Waals surface area contributed by atoms with Crippen molar-refractivity contribution in [2.45, 2.75) is 48.3 Å². The summed E-state index contributed by atoms with van der Waals surface area (Å²) in [7, 11) is -2.72. The Morgan fingerprint density at radius 3 is 1.76 bits per heavy atom. The fourth-order valence-corrected chi connectivity index (χ4v) is 5.86. The van der Waals surface area contributed by atoms with Gasteiger partial charge in [0.2, 0.25) is 0 Å². The first-order valence-corrected chi connectivity index (χ1v) is 12.0. The summed E-state index contributed by atoms with van der Waals surface area (Å²) in [6.07, 6.45) is 0. The first-order valence-electron chi connectivity index (χ1n) is 9.60. The second kappa shape index (κ2) is 9.16. The summed E-state index contributed by atoms with van der Waals surface area (Å²) in [6, 6.07) is 25.2. The molecule has 0 saturated heterocycles. The lowest BCUT2D eigenvalue weighted by Crippen LogP contribution is -2.50. The molecule has 3 nitrogen and oxygen atoms in total. The monoisotopic (exact) mass is 425 g/mol. The van der Waals surface area contributed by atoms with Crippen molar-refractivity contribution in [2.75, 3.05) is 0 Å². The third-order valence-corrected chi connectivity index (χ3v) is 8.46. The maximum absolute atomic E-state index is 13.4. The largest absolute Gasteiger partial charge is 0.254 e. The van der Waals surface area contributed by atoms with Crippen molar-refractivity contribution in [1.82, 2.24) is 4.72 Å². The molecular weight excluding hydrogens is 398 g/mol. The lowest BCUT2D eigenvalue weighted by Gasteiger charge is -2.36. The van der Waals surface area contributed by atoms with Gasteiger partial charge < -0.3 is 0 Å². The molecule has 0 aliphatic heterocycles. The smallest absolute Gasteiger partial charge is 0.125 e. The van der Waals surface area contributed by atoms with Gasteiger partial charge >= 0.3 is 0 Å². The zero-order chi connectivity index (χ0) is 21.0. The van der Waals surface area contributed by atoms with Crippen LogP contribution in [0.2, 0.25) is 0 Å². The van der Waals surface area contributed by atoms with E-state index in [1.165, 1.54) is 0 Å². The highest BCUT2D eigenvalue weighted by molar-refractivity contribution is 7.86. The van der Waals surface area contributed by atoms with Crippen LogP contribution in [0.15, 0.2) is 88.7 Å². The van der Waals surface area contributed by atoms with E-state index in [-0.39, 0.29) is 5.25 Å². The summed E-state index contributed by atoms with van der Waals surface area (Å²) in [5.74, 6) is 0. The molecule has 0 aromatic heterocycles. The Balaban J connectivity index is 1.97. The van der Waals surface area contributed by atoms with Gasteiger partial charge in [-0.15, -0.1) is 0 Å². The van der Waals surface area contributed by atoms with Crippen LogP contribution >= 0.6 is 0 Å². The van der Waals surface area contributed by atoms with Gasteiger partial charge in [-0.3, -0.25) is 4.21 Å². The summed E-state index contributed by atoms with van der Waals surface area (Å²) in [6.45, 7) is 7.94. The van der Waals surface area contributed by atoms with E-state index in [0.717, 1.165) is 21.6 Å². The van der Waals surface area contributed by atoms with Crippen molar-refractivity contribution in [1.29, 1.82) is 0 Å². The second-order valence-corrected chi connectivity index (χ2v) is 10.5. The SMILES string of the molecule is Cc1ccc(S(=O)N[C@@](C)(c2ccccc2)[C@H](C)S(=O)c2ccc(C)cc2)cc1. The van der Waals surface area contributed by atoms with E-state index in [9.17, 15) is 8.42 Å². The number of aryl methyl sites for hydroxylation is 2. The van der Waals surface area contributed by atoms with Crippen LogP contribution in [0.5, 0.6) is 0 Å². The molecule has 5 heteroatoms. The minimum absolute atomic E-state index is 0.318. The molecule has 4 atom stereocenters. The zero-order valence-corrected chi connectivity index (χ0v) is 18.8. The van der Waals surface area contributed by atoms with Crippen molar-refractivity contribution in [3.05, 3.63) is 95.6 Å². The van der Waals surface area contributed by atoms with Gasteiger partial charge in [0.25, 0.3) is 0 Å². The van der Waals surface area contributed by atoms with Gasteiger partial charge in [-0.1, -0.05) is 65.7 Å². The standard InChI is InChI=1S/C24H27NO2S2/c1-18-10-14-22(15-11-18)28(26)20(3)24(4,21-8-6-5-7-9-21)25-29(27)23-16-12-19(2)13-17-23/h5-17,20,25H,1-4H3/t20-,24+,28?,29?/m0/s1. The predicted octanol–water partition coefficient (Wildman–Crippen LogP) is 5.03. The number of hydrogen-bond acceptors (Lipinski definition) is 2.